The highest BCUT2D eigenvalue weighted by atomic mass is 33.1. The quantitative estimate of drug-likeness (QED) is 0.106. The number of hydrogen-bond acceptors (Lipinski definition) is 6. The summed E-state index contributed by atoms with van der Waals surface area (Å²) in [6.07, 6.45) is 22.8. The van der Waals surface area contributed by atoms with Crippen LogP contribution >= 0.6 is 22.5 Å². The van der Waals surface area contributed by atoms with Gasteiger partial charge in [-0.05, 0) is 143 Å². The number of nitroso groups, excluding NO2 is 1. The lowest BCUT2D eigenvalue weighted by molar-refractivity contribution is -0.305. The zero-order valence-corrected chi connectivity index (χ0v) is 23.6. The summed E-state index contributed by atoms with van der Waals surface area (Å²) in [5.74, 6) is 9.64. The molecule has 0 heterocycles. The van der Waals surface area contributed by atoms with Crippen molar-refractivity contribution >= 4 is 22.5 Å². The Morgan fingerprint density at radius 2 is 1.66 bits per heavy atom. The molecule has 0 aliphatic heterocycles. The van der Waals surface area contributed by atoms with Crippen molar-refractivity contribution in [2.45, 2.75) is 133 Å². The fraction of sp³-hybridized carbons (Fsp3) is 1.00. The van der Waals surface area contributed by atoms with Crippen molar-refractivity contribution in [2.75, 3.05) is 0 Å². The van der Waals surface area contributed by atoms with Gasteiger partial charge in [-0.1, -0.05) is 29.3 Å². The van der Waals surface area contributed by atoms with Crippen LogP contribution in [0.3, 0.4) is 0 Å². The second-order valence-electron chi connectivity index (χ2n) is 14.2. The van der Waals surface area contributed by atoms with E-state index in [4.69, 9.17) is 5.84 Å². The summed E-state index contributed by atoms with van der Waals surface area (Å²) in [5.41, 5.74) is 4.16. The van der Waals surface area contributed by atoms with Crippen molar-refractivity contribution in [2.24, 2.45) is 56.9 Å². The van der Waals surface area contributed by atoms with Gasteiger partial charge in [0.05, 0.1) is 0 Å². The summed E-state index contributed by atoms with van der Waals surface area (Å²) < 4.78 is 0. The fourth-order valence-corrected chi connectivity index (χ4v) is 13.3. The van der Waals surface area contributed by atoms with E-state index in [2.05, 4.69) is 29.2 Å². The lowest BCUT2D eigenvalue weighted by Crippen LogP contribution is -2.77. The zero-order chi connectivity index (χ0) is 24.3. The Hall–Kier alpha value is 0.220. The van der Waals surface area contributed by atoms with Gasteiger partial charge in [0, 0.05) is 16.7 Å². The van der Waals surface area contributed by atoms with Crippen molar-refractivity contribution in [1.82, 2.24) is 5.43 Å². The van der Waals surface area contributed by atoms with Crippen molar-refractivity contribution in [3.8, 4) is 0 Å². The van der Waals surface area contributed by atoms with Crippen molar-refractivity contribution in [3.05, 3.63) is 4.91 Å². The molecule has 6 fully saturated rings. The molecule has 6 saturated carbocycles. The minimum absolute atomic E-state index is 0.0969. The van der Waals surface area contributed by atoms with Crippen LogP contribution in [0, 0.1) is 50.7 Å². The molecule has 7 atom stereocenters. The summed E-state index contributed by atoms with van der Waals surface area (Å²) in [4.78, 5) is 12.7. The molecular formula is C29H49N3OS2. The Morgan fingerprint density at radius 3 is 2.34 bits per heavy atom. The highest BCUT2D eigenvalue weighted by molar-refractivity contribution is 8.68. The first-order valence-corrected chi connectivity index (χ1v) is 17.0. The molecule has 0 saturated heterocycles. The molecular weight excluding hydrogens is 470 g/mol. The van der Waals surface area contributed by atoms with E-state index in [-0.39, 0.29) is 11.5 Å². The Bertz CT molecular complexity index is 782. The molecule has 0 aromatic carbocycles. The third-order valence-electron chi connectivity index (χ3n) is 12.9. The van der Waals surface area contributed by atoms with Gasteiger partial charge in [0.25, 0.3) is 0 Å². The number of hydrogen-bond donors (Lipinski definition) is 3. The van der Waals surface area contributed by atoms with Crippen LogP contribution in [-0.4, -0.2) is 17.3 Å². The van der Waals surface area contributed by atoms with Gasteiger partial charge < -0.3 is 0 Å². The highest BCUT2D eigenvalue weighted by Gasteiger charge is 2.83. The fourth-order valence-electron chi connectivity index (χ4n) is 12.1. The molecule has 198 valence electrons. The lowest BCUT2D eigenvalue weighted by atomic mass is 9.25. The number of thiol groups is 1. The molecule has 35 heavy (non-hydrogen) atoms. The molecule has 1 spiro atoms. The van der Waals surface area contributed by atoms with E-state index in [1.165, 1.54) is 109 Å². The maximum atomic E-state index is 12.7. The SMILES string of the molecule is CC1CC2CCC3(CC4CCC(NN)CC4)CCCC4(CC5CCC(SS)CC5)C(N=O)C(C1)C234. The molecule has 3 N–H and O–H groups in total. The first-order chi connectivity index (χ1) is 17.0. The summed E-state index contributed by atoms with van der Waals surface area (Å²) in [5, 5.41) is 4.80. The van der Waals surface area contributed by atoms with E-state index in [0.717, 1.165) is 28.9 Å². The molecule has 0 aromatic rings. The van der Waals surface area contributed by atoms with Crippen LogP contribution in [0.2, 0.25) is 0 Å². The lowest BCUT2D eigenvalue weighted by Gasteiger charge is -2.79. The molecule has 6 aliphatic rings. The van der Waals surface area contributed by atoms with Gasteiger partial charge in [-0.2, -0.15) is 4.91 Å². The van der Waals surface area contributed by atoms with Crippen LogP contribution in [0.4, 0.5) is 0 Å². The van der Waals surface area contributed by atoms with Gasteiger partial charge in [-0.25, -0.2) is 0 Å². The summed E-state index contributed by atoms with van der Waals surface area (Å²) in [6, 6.07) is 0.615. The minimum Gasteiger partial charge on any atom is -0.271 e. The normalized spacial score (nSPS) is 53.3. The minimum atomic E-state index is 0.0969. The van der Waals surface area contributed by atoms with Crippen molar-refractivity contribution in [3.63, 3.8) is 0 Å². The van der Waals surface area contributed by atoms with E-state index in [1.807, 2.05) is 0 Å². The van der Waals surface area contributed by atoms with Crippen LogP contribution in [0.15, 0.2) is 5.18 Å². The maximum Gasteiger partial charge on any atom is 0.101 e. The van der Waals surface area contributed by atoms with E-state index in [0.29, 0.717) is 22.8 Å². The summed E-state index contributed by atoms with van der Waals surface area (Å²) in [7, 11) is 1.77. The molecule has 6 aliphatic carbocycles. The second kappa shape index (κ2) is 9.75. The van der Waals surface area contributed by atoms with Crippen LogP contribution in [-0.2, 0) is 0 Å². The number of nitrogens with two attached hydrogens (primary N) is 1. The molecule has 6 heteroatoms. The molecule has 7 unspecified atom stereocenters. The van der Waals surface area contributed by atoms with Crippen LogP contribution in [0.1, 0.15) is 116 Å². The first kappa shape index (κ1) is 25.5. The number of nitrogens with zero attached hydrogens (tertiary/aromatic N) is 1. The molecule has 0 amide bonds. The van der Waals surface area contributed by atoms with Gasteiger partial charge in [0.15, 0.2) is 0 Å². The van der Waals surface area contributed by atoms with Gasteiger partial charge in [-0.15, -0.1) is 11.7 Å². The summed E-state index contributed by atoms with van der Waals surface area (Å²) >= 11 is 4.53. The maximum absolute atomic E-state index is 12.7. The highest BCUT2D eigenvalue weighted by Crippen LogP contribution is 2.86. The molecule has 6 rings (SSSR count). The first-order valence-electron chi connectivity index (χ1n) is 15.1. The van der Waals surface area contributed by atoms with Crippen molar-refractivity contribution < 1.29 is 0 Å². The van der Waals surface area contributed by atoms with Gasteiger partial charge in [0.1, 0.15) is 6.04 Å². The number of nitrogens with one attached hydrogen (secondary N) is 1. The third kappa shape index (κ3) is 3.68. The van der Waals surface area contributed by atoms with E-state index < -0.39 is 0 Å². The van der Waals surface area contributed by atoms with E-state index in [9.17, 15) is 4.91 Å². The van der Waals surface area contributed by atoms with Crippen LogP contribution < -0.4 is 11.3 Å². The van der Waals surface area contributed by atoms with Crippen molar-refractivity contribution in [1.29, 1.82) is 0 Å². The average Bonchev–Trinajstić information content (AvgIpc) is 3.21. The average molecular weight is 520 g/mol. The third-order valence-corrected chi connectivity index (χ3v) is 14.6. The standard InChI is InChI=1S/C29H49N3OS2/c1-19-15-22-11-14-27(17-20-3-7-23(31-30)8-4-20)12-2-13-28(18-21-5-9-24(35-34)10-6-21)26(32-33)25(16-19)29(22,27)28/h19-26,31,34H,2-18,30H2,1H3. The van der Waals surface area contributed by atoms with E-state index in [1.54, 1.807) is 10.8 Å². The molecule has 0 aromatic heterocycles. The van der Waals surface area contributed by atoms with Crippen LogP contribution in [0.25, 0.3) is 0 Å². The molecule has 0 radical (unpaired) electrons. The van der Waals surface area contributed by atoms with Gasteiger partial charge >= 0.3 is 0 Å². The number of rotatable bonds is 7. The van der Waals surface area contributed by atoms with Gasteiger partial charge in [0.2, 0.25) is 0 Å². The second-order valence-corrected chi connectivity index (χ2v) is 15.7. The monoisotopic (exact) mass is 519 g/mol. The Balaban J connectivity index is 1.33. The van der Waals surface area contributed by atoms with Gasteiger partial charge in [-0.3, -0.25) is 11.3 Å². The Labute approximate surface area is 222 Å². The Kier molecular flexibility index (Phi) is 7.11. The van der Waals surface area contributed by atoms with Crippen LogP contribution in [0.5, 0.6) is 0 Å². The topological polar surface area (TPSA) is 67.5 Å². The predicted molar refractivity (Wildman–Crippen MR) is 150 cm³/mol. The molecule has 0 bridgehead atoms. The number of hydrazine groups is 1. The molecule has 4 nitrogen and oxygen atoms in total. The van der Waals surface area contributed by atoms with E-state index >= 15 is 0 Å². The predicted octanol–water partition coefficient (Wildman–Crippen LogP) is 7.67. The largest absolute Gasteiger partial charge is 0.271 e. The smallest absolute Gasteiger partial charge is 0.101 e. The summed E-state index contributed by atoms with van der Waals surface area (Å²) in [6.45, 7) is 2.47. The zero-order valence-electron chi connectivity index (χ0n) is 21.9. The Morgan fingerprint density at radius 1 is 0.943 bits per heavy atom.